The molecule has 56 heavy (non-hydrogen) atoms. The number of H-pyrrole nitrogens is 2. The molecule has 15 nitrogen and oxygen atoms in total. The maximum Gasteiger partial charge on any atom is 0.407 e. The summed E-state index contributed by atoms with van der Waals surface area (Å²) in [6.45, 7) is 1.22. The van der Waals surface area contributed by atoms with Crippen molar-refractivity contribution in [2.24, 2.45) is 11.8 Å². The third-order valence-corrected chi connectivity index (χ3v) is 11.8. The zero-order valence-corrected chi connectivity index (χ0v) is 31.4. The van der Waals surface area contributed by atoms with Gasteiger partial charge in [0.25, 0.3) is 0 Å². The van der Waals surface area contributed by atoms with Crippen LogP contribution in [0.1, 0.15) is 75.1 Å². The second-order valence-corrected chi connectivity index (χ2v) is 15.4. The summed E-state index contributed by atoms with van der Waals surface area (Å²) in [5, 5.41) is 7.63. The number of rotatable bonds is 10. The summed E-state index contributed by atoms with van der Waals surface area (Å²) < 4.78 is 9.59. The number of hydrogen-bond donors (Lipinski definition) is 4. The molecule has 2 saturated carbocycles. The fourth-order valence-electron chi connectivity index (χ4n) is 8.45. The Kier molecular flexibility index (Phi) is 9.30. The number of hydrogen-bond acceptors (Lipinski definition) is 9. The molecule has 2 aliphatic heterocycles. The molecule has 2 aliphatic carbocycles. The number of methoxy groups -OCH3 is 2. The van der Waals surface area contributed by atoms with Crippen LogP contribution >= 0.6 is 0 Å². The second kappa shape index (κ2) is 14.6. The van der Waals surface area contributed by atoms with Crippen LogP contribution in [0.5, 0.6) is 0 Å². The Labute approximate surface area is 322 Å². The van der Waals surface area contributed by atoms with Gasteiger partial charge >= 0.3 is 12.2 Å². The molecule has 2 aromatic carbocycles. The fourth-order valence-corrected chi connectivity index (χ4v) is 8.45. The number of aromatic nitrogens is 5. The number of aromatic amines is 2. The lowest BCUT2D eigenvalue weighted by Gasteiger charge is -2.28. The van der Waals surface area contributed by atoms with E-state index in [0.717, 1.165) is 107 Å². The molecule has 15 heteroatoms. The van der Waals surface area contributed by atoms with Crippen LogP contribution < -0.4 is 10.6 Å². The zero-order chi connectivity index (χ0) is 38.5. The number of imidazole rings is 2. The van der Waals surface area contributed by atoms with Gasteiger partial charge in [0.1, 0.15) is 23.7 Å². The number of carbonyl (C=O) groups excluding carboxylic acids is 4. The molecular weight excluding hydrogens is 715 g/mol. The first kappa shape index (κ1) is 35.7. The van der Waals surface area contributed by atoms with Crippen molar-refractivity contribution in [1.29, 1.82) is 0 Å². The Morgan fingerprint density at radius 3 is 1.86 bits per heavy atom. The van der Waals surface area contributed by atoms with Crippen LogP contribution in [0.3, 0.4) is 0 Å². The molecule has 290 valence electrons. The van der Waals surface area contributed by atoms with Gasteiger partial charge in [-0.1, -0.05) is 24.3 Å². The third-order valence-electron chi connectivity index (χ3n) is 11.8. The average molecular weight is 760 g/mol. The number of fused-ring (bicyclic) bond motifs is 2. The summed E-state index contributed by atoms with van der Waals surface area (Å²) in [6.07, 6.45) is 9.36. The summed E-state index contributed by atoms with van der Waals surface area (Å²) in [6, 6.07) is 12.9. The number of nitrogens with zero attached hydrogens (tertiary/aromatic N) is 5. The molecule has 0 bridgehead atoms. The molecule has 0 radical (unpaired) electrons. The van der Waals surface area contributed by atoms with E-state index in [2.05, 4.69) is 57.0 Å². The van der Waals surface area contributed by atoms with Crippen molar-refractivity contribution in [2.75, 3.05) is 27.3 Å². The summed E-state index contributed by atoms with van der Waals surface area (Å²) in [5.74, 6) is 1.56. The van der Waals surface area contributed by atoms with Gasteiger partial charge in [-0.2, -0.15) is 0 Å². The van der Waals surface area contributed by atoms with Crippen molar-refractivity contribution in [3.8, 4) is 22.5 Å². The topological polar surface area (TPSA) is 188 Å². The number of benzene rings is 2. The van der Waals surface area contributed by atoms with E-state index in [4.69, 9.17) is 24.4 Å². The zero-order valence-electron chi connectivity index (χ0n) is 31.4. The third kappa shape index (κ3) is 6.90. The molecule has 0 spiro atoms. The number of ether oxygens (including phenoxy) is 2. The van der Waals surface area contributed by atoms with Gasteiger partial charge in [0.15, 0.2) is 0 Å². The number of nitrogens with one attached hydrogen (secondary N) is 4. The fraction of sp³-hybridized carbons (Fsp3) is 0.439. The summed E-state index contributed by atoms with van der Waals surface area (Å²) >= 11 is 0. The van der Waals surface area contributed by atoms with E-state index in [1.165, 1.54) is 14.2 Å². The molecule has 4 fully saturated rings. The van der Waals surface area contributed by atoms with Crippen LogP contribution in [0.25, 0.3) is 44.3 Å². The Morgan fingerprint density at radius 2 is 1.27 bits per heavy atom. The van der Waals surface area contributed by atoms with Gasteiger partial charge in [0.2, 0.25) is 11.8 Å². The Morgan fingerprint density at radius 1 is 0.696 bits per heavy atom. The van der Waals surface area contributed by atoms with Gasteiger partial charge in [-0.25, -0.2) is 19.6 Å². The first-order valence-electron chi connectivity index (χ1n) is 19.5. The highest BCUT2D eigenvalue weighted by Gasteiger charge is 2.44. The molecule has 4 N–H and O–H groups in total. The van der Waals surface area contributed by atoms with Crippen molar-refractivity contribution < 1.29 is 28.7 Å². The number of amides is 4. The SMILES string of the molecule is COC(=O)N[C@H](C(=O)N1CCC[C@H]1c1ncc(-c2ccc3cc(-c4cc5nc([C@@H]6CCCN6C(=O)[C@@H](NC(=O)OC)C6CC6)[nH]c5cn4)ccc3c2)[nH]1)C1CC1. The highest BCUT2D eigenvalue weighted by molar-refractivity contribution is 5.91. The van der Waals surface area contributed by atoms with E-state index in [0.29, 0.717) is 13.1 Å². The van der Waals surface area contributed by atoms with E-state index in [1.807, 2.05) is 22.1 Å². The minimum Gasteiger partial charge on any atom is -0.453 e. The van der Waals surface area contributed by atoms with E-state index in [9.17, 15) is 19.2 Å². The van der Waals surface area contributed by atoms with Crippen molar-refractivity contribution in [1.82, 2.24) is 45.4 Å². The first-order valence-corrected chi connectivity index (χ1v) is 19.5. The molecule has 4 atom stereocenters. The van der Waals surface area contributed by atoms with E-state index >= 15 is 0 Å². The number of alkyl carbamates (subject to hydrolysis) is 2. The van der Waals surface area contributed by atoms with Gasteiger partial charge in [0.05, 0.1) is 61.1 Å². The van der Waals surface area contributed by atoms with Crippen LogP contribution in [0.2, 0.25) is 0 Å². The molecule has 5 aromatic rings. The van der Waals surface area contributed by atoms with Crippen molar-refractivity contribution in [3.63, 3.8) is 0 Å². The molecule has 2 saturated heterocycles. The normalized spacial score (nSPS) is 20.6. The molecule has 4 aliphatic rings. The van der Waals surface area contributed by atoms with Crippen LogP contribution in [0.4, 0.5) is 9.59 Å². The molecule has 9 rings (SSSR count). The van der Waals surface area contributed by atoms with Crippen LogP contribution in [-0.4, -0.2) is 98.1 Å². The van der Waals surface area contributed by atoms with Crippen molar-refractivity contribution in [2.45, 2.75) is 75.5 Å². The van der Waals surface area contributed by atoms with Gasteiger partial charge < -0.3 is 39.9 Å². The summed E-state index contributed by atoms with van der Waals surface area (Å²) in [5.41, 5.74) is 5.16. The maximum absolute atomic E-state index is 13.7. The second-order valence-electron chi connectivity index (χ2n) is 15.4. The van der Waals surface area contributed by atoms with Crippen molar-refractivity contribution >= 4 is 45.8 Å². The predicted octanol–water partition coefficient (Wildman–Crippen LogP) is 5.76. The highest BCUT2D eigenvalue weighted by Crippen LogP contribution is 2.39. The average Bonchev–Trinajstić information content (AvgIpc) is 3.97. The minimum absolute atomic E-state index is 0.0816. The molecular formula is C41H45N9O6. The number of likely N-dealkylation sites (tertiary alicyclic amines) is 2. The Bertz CT molecular complexity index is 2330. The highest BCUT2D eigenvalue weighted by atomic mass is 16.5. The molecule has 3 aromatic heterocycles. The van der Waals surface area contributed by atoms with Crippen molar-refractivity contribution in [3.05, 3.63) is 66.5 Å². The largest absolute Gasteiger partial charge is 0.453 e. The van der Waals surface area contributed by atoms with Crippen LogP contribution in [0, 0.1) is 11.8 Å². The van der Waals surface area contributed by atoms with Gasteiger partial charge in [-0.3, -0.25) is 14.6 Å². The van der Waals surface area contributed by atoms with E-state index in [-0.39, 0.29) is 35.7 Å². The van der Waals surface area contributed by atoms with Crippen LogP contribution in [0.15, 0.2) is 54.9 Å². The van der Waals surface area contributed by atoms with Crippen LogP contribution in [-0.2, 0) is 19.1 Å². The molecule has 5 heterocycles. The Balaban J connectivity index is 0.905. The Hall–Kier alpha value is -5.99. The van der Waals surface area contributed by atoms with Gasteiger partial charge in [0, 0.05) is 24.2 Å². The molecule has 0 unspecified atom stereocenters. The molecule has 4 amide bonds. The number of pyridine rings is 1. The van der Waals surface area contributed by atoms with E-state index < -0.39 is 24.3 Å². The smallest absolute Gasteiger partial charge is 0.407 e. The first-order chi connectivity index (χ1) is 27.3. The lowest BCUT2D eigenvalue weighted by molar-refractivity contribution is -0.135. The predicted molar refractivity (Wildman–Crippen MR) is 206 cm³/mol. The van der Waals surface area contributed by atoms with Gasteiger partial charge in [-0.15, -0.1) is 0 Å². The quantitative estimate of drug-likeness (QED) is 0.137. The minimum atomic E-state index is -0.592. The lowest BCUT2D eigenvalue weighted by atomic mass is 10.0. The standard InChI is InChI=1S/C41H45N9O6/c1-55-40(53)47-34(22-7-8-22)38(51)49-15-3-5-32(49)36-43-20-30(45-36)27-14-12-24-17-26(13-11-25(24)18-27)28-19-29-31(21-42-28)46-37(44-29)33-6-4-16-50(33)39(52)35(23-9-10-23)48-41(54)56-2/h11-14,17-23,32-35H,3-10,15-16H2,1-2H3,(H,43,45)(H,44,46)(H,47,53)(H,48,54)/t32-,33-,34-,35-/m0/s1. The monoisotopic (exact) mass is 759 g/mol. The van der Waals surface area contributed by atoms with Gasteiger partial charge in [-0.05, 0) is 92.2 Å². The summed E-state index contributed by atoms with van der Waals surface area (Å²) in [4.78, 5) is 76.3. The summed E-state index contributed by atoms with van der Waals surface area (Å²) in [7, 11) is 2.62. The van der Waals surface area contributed by atoms with E-state index in [1.54, 1.807) is 6.20 Å². The maximum atomic E-state index is 13.7. The lowest BCUT2D eigenvalue weighted by Crippen LogP contribution is -2.49. The number of carbonyl (C=O) groups is 4.